The first-order valence-corrected chi connectivity index (χ1v) is 6.40. The van der Waals surface area contributed by atoms with Crippen LogP contribution in [0.15, 0.2) is 0 Å². The van der Waals surface area contributed by atoms with Gasteiger partial charge in [-0.05, 0) is 33.1 Å². The molecule has 0 bridgehead atoms. The second-order valence-corrected chi connectivity index (χ2v) is 5.18. The molecular formula is C11H18N2OS. The quantitative estimate of drug-likeness (QED) is 0.841. The molecule has 1 aromatic heterocycles. The van der Waals surface area contributed by atoms with E-state index < -0.39 is 0 Å². The van der Waals surface area contributed by atoms with Gasteiger partial charge in [0, 0.05) is 13.1 Å². The van der Waals surface area contributed by atoms with Crippen molar-refractivity contribution in [3.63, 3.8) is 0 Å². The fourth-order valence-electron chi connectivity index (χ4n) is 2.00. The molecule has 4 heteroatoms. The van der Waals surface area contributed by atoms with Gasteiger partial charge in [0.1, 0.15) is 0 Å². The van der Waals surface area contributed by atoms with Crippen molar-refractivity contribution in [3.8, 4) is 0 Å². The van der Waals surface area contributed by atoms with Gasteiger partial charge in [-0.1, -0.05) is 11.3 Å². The molecule has 1 saturated heterocycles. The number of hydrogen-bond acceptors (Lipinski definition) is 4. The molecule has 0 saturated carbocycles. The van der Waals surface area contributed by atoms with Gasteiger partial charge in [-0.2, -0.15) is 0 Å². The maximum atomic E-state index is 9.57. The van der Waals surface area contributed by atoms with Gasteiger partial charge in [0.2, 0.25) is 0 Å². The van der Waals surface area contributed by atoms with Crippen molar-refractivity contribution in [1.29, 1.82) is 0 Å². The Morgan fingerprint density at radius 1 is 1.33 bits per heavy atom. The number of rotatable bonds is 2. The molecule has 1 unspecified atom stereocenters. The Balaban J connectivity index is 2.17. The summed E-state index contributed by atoms with van der Waals surface area (Å²) in [5.74, 6) is 0. The Morgan fingerprint density at radius 3 is 2.53 bits per heavy atom. The standard InChI is InChI=1S/C11H18N2OS/c1-8-10(9(2)14)15-11(12-8)13-6-4-3-5-7-13/h9,14H,3-7H2,1-2H3. The Labute approximate surface area is 94.8 Å². The number of aliphatic hydroxyl groups excluding tert-OH is 1. The highest BCUT2D eigenvalue weighted by Crippen LogP contribution is 2.31. The highest BCUT2D eigenvalue weighted by atomic mass is 32.1. The average Bonchev–Trinajstić information content (AvgIpc) is 2.62. The molecule has 1 aliphatic heterocycles. The number of nitrogens with zero attached hydrogens (tertiary/aromatic N) is 2. The molecular weight excluding hydrogens is 208 g/mol. The third-order valence-electron chi connectivity index (χ3n) is 2.83. The average molecular weight is 226 g/mol. The largest absolute Gasteiger partial charge is 0.388 e. The first kappa shape index (κ1) is 10.9. The summed E-state index contributed by atoms with van der Waals surface area (Å²) >= 11 is 1.64. The van der Waals surface area contributed by atoms with E-state index in [1.807, 2.05) is 6.92 Å². The number of thiazole rings is 1. The van der Waals surface area contributed by atoms with Crippen molar-refractivity contribution < 1.29 is 5.11 Å². The van der Waals surface area contributed by atoms with E-state index in [9.17, 15) is 5.11 Å². The third-order valence-corrected chi connectivity index (χ3v) is 4.22. The third kappa shape index (κ3) is 2.32. The first-order chi connectivity index (χ1) is 7.18. The van der Waals surface area contributed by atoms with Crippen molar-refractivity contribution >= 4 is 16.5 Å². The summed E-state index contributed by atoms with van der Waals surface area (Å²) in [5.41, 5.74) is 0.982. The second kappa shape index (κ2) is 4.49. The zero-order chi connectivity index (χ0) is 10.8. The molecule has 1 aliphatic rings. The van der Waals surface area contributed by atoms with Crippen LogP contribution in [-0.2, 0) is 0 Å². The number of aryl methyl sites for hydroxylation is 1. The predicted molar refractivity (Wildman–Crippen MR) is 63.5 cm³/mol. The molecule has 2 heterocycles. The molecule has 1 fully saturated rings. The van der Waals surface area contributed by atoms with Crippen LogP contribution in [0, 0.1) is 6.92 Å². The van der Waals surface area contributed by atoms with Crippen molar-refractivity contribution in [2.24, 2.45) is 0 Å². The van der Waals surface area contributed by atoms with Gasteiger partial charge in [-0.25, -0.2) is 4.98 Å². The fourth-order valence-corrected chi connectivity index (χ4v) is 3.06. The molecule has 15 heavy (non-hydrogen) atoms. The molecule has 1 N–H and O–H groups in total. The molecule has 1 aromatic rings. The van der Waals surface area contributed by atoms with Gasteiger partial charge in [0.15, 0.2) is 5.13 Å². The van der Waals surface area contributed by atoms with E-state index >= 15 is 0 Å². The summed E-state index contributed by atoms with van der Waals surface area (Å²) < 4.78 is 0. The van der Waals surface area contributed by atoms with Gasteiger partial charge in [-0.15, -0.1) is 0 Å². The first-order valence-electron chi connectivity index (χ1n) is 5.59. The Morgan fingerprint density at radius 2 is 2.00 bits per heavy atom. The monoisotopic (exact) mass is 226 g/mol. The minimum atomic E-state index is -0.388. The molecule has 3 nitrogen and oxygen atoms in total. The summed E-state index contributed by atoms with van der Waals surface area (Å²) in [7, 11) is 0. The van der Waals surface area contributed by atoms with Crippen LogP contribution in [0.1, 0.15) is 42.9 Å². The van der Waals surface area contributed by atoms with Crippen LogP contribution < -0.4 is 4.90 Å². The smallest absolute Gasteiger partial charge is 0.185 e. The lowest BCUT2D eigenvalue weighted by Gasteiger charge is -2.25. The van der Waals surface area contributed by atoms with Crippen LogP contribution in [0.4, 0.5) is 5.13 Å². The van der Waals surface area contributed by atoms with Gasteiger partial charge in [-0.3, -0.25) is 0 Å². The number of aromatic nitrogens is 1. The predicted octanol–water partition coefficient (Wildman–Crippen LogP) is 2.50. The number of hydrogen-bond donors (Lipinski definition) is 1. The van der Waals surface area contributed by atoms with Gasteiger partial charge in [0.05, 0.1) is 16.7 Å². The van der Waals surface area contributed by atoms with E-state index in [0.717, 1.165) is 28.8 Å². The Hall–Kier alpha value is -0.610. The van der Waals surface area contributed by atoms with Gasteiger partial charge >= 0.3 is 0 Å². The highest BCUT2D eigenvalue weighted by Gasteiger charge is 2.18. The van der Waals surface area contributed by atoms with E-state index in [1.54, 1.807) is 18.3 Å². The van der Waals surface area contributed by atoms with Gasteiger partial charge in [0.25, 0.3) is 0 Å². The highest BCUT2D eigenvalue weighted by molar-refractivity contribution is 7.15. The molecule has 2 rings (SSSR count). The second-order valence-electron chi connectivity index (χ2n) is 4.17. The summed E-state index contributed by atoms with van der Waals surface area (Å²) in [6.07, 6.45) is 3.48. The van der Waals surface area contributed by atoms with Crippen LogP contribution in [0.2, 0.25) is 0 Å². The molecule has 0 aromatic carbocycles. The lowest BCUT2D eigenvalue weighted by Crippen LogP contribution is -2.29. The van der Waals surface area contributed by atoms with E-state index in [-0.39, 0.29) is 6.10 Å². The molecule has 0 radical (unpaired) electrons. The number of aliphatic hydroxyl groups is 1. The normalized spacial score (nSPS) is 19.3. The minimum Gasteiger partial charge on any atom is -0.388 e. The van der Waals surface area contributed by atoms with Crippen LogP contribution in [0.3, 0.4) is 0 Å². The van der Waals surface area contributed by atoms with Crippen LogP contribution in [0.5, 0.6) is 0 Å². The van der Waals surface area contributed by atoms with Crippen molar-refractivity contribution in [3.05, 3.63) is 10.6 Å². The molecule has 1 atom stereocenters. The van der Waals surface area contributed by atoms with Crippen LogP contribution in [-0.4, -0.2) is 23.2 Å². The lowest BCUT2D eigenvalue weighted by atomic mass is 10.1. The van der Waals surface area contributed by atoms with Crippen LogP contribution in [0.25, 0.3) is 0 Å². The summed E-state index contributed by atoms with van der Waals surface area (Å²) in [5, 5.41) is 10.7. The molecule has 0 aliphatic carbocycles. The van der Waals surface area contributed by atoms with Crippen LogP contribution >= 0.6 is 11.3 Å². The van der Waals surface area contributed by atoms with Crippen molar-refractivity contribution in [2.75, 3.05) is 18.0 Å². The lowest BCUT2D eigenvalue weighted by molar-refractivity contribution is 0.202. The summed E-state index contributed by atoms with van der Waals surface area (Å²) in [4.78, 5) is 7.89. The van der Waals surface area contributed by atoms with E-state index in [4.69, 9.17) is 0 Å². The Kier molecular flexibility index (Phi) is 3.26. The maximum absolute atomic E-state index is 9.57. The number of anilines is 1. The van der Waals surface area contributed by atoms with Gasteiger partial charge < -0.3 is 10.0 Å². The zero-order valence-corrected chi connectivity index (χ0v) is 10.2. The van der Waals surface area contributed by atoms with Crippen molar-refractivity contribution in [1.82, 2.24) is 4.98 Å². The maximum Gasteiger partial charge on any atom is 0.185 e. The Bertz CT molecular complexity index is 329. The topological polar surface area (TPSA) is 36.4 Å². The fraction of sp³-hybridized carbons (Fsp3) is 0.727. The molecule has 0 spiro atoms. The molecule has 84 valence electrons. The minimum absolute atomic E-state index is 0.388. The molecule has 0 amide bonds. The van der Waals surface area contributed by atoms with Crippen molar-refractivity contribution in [2.45, 2.75) is 39.2 Å². The summed E-state index contributed by atoms with van der Waals surface area (Å²) in [6, 6.07) is 0. The number of piperidine rings is 1. The van der Waals surface area contributed by atoms with E-state index in [1.165, 1.54) is 19.3 Å². The SMILES string of the molecule is Cc1nc(N2CCCCC2)sc1C(C)O. The summed E-state index contributed by atoms with van der Waals surface area (Å²) in [6.45, 7) is 6.02. The van der Waals surface area contributed by atoms with E-state index in [0.29, 0.717) is 0 Å². The van der Waals surface area contributed by atoms with E-state index in [2.05, 4.69) is 9.88 Å². The zero-order valence-electron chi connectivity index (χ0n) is 9.36.